The fourth-order valence-electron chi connectivity index (χ4n) is 1.91. The van der Waals surface area contributed by atoms with Crippen LogP contribution in [0, 0.1) is 0 Å². The number of hydrogen-bond acceptors (Lipinski definition) is 5. The van der Waals surface area contributed by atoms with Crippen LogP contribution in [0.5, 0.6) is 11.6 Å². The minimum atomic E-state index is 0.247. The Hall–Kier alpha value is -2.01. The zero-order valence-corrected chi connectivity index (χ0v) is 12.7. The van der Waals surface area contributed by atoms with E-state index in [2.05, 4.69) is 12.1 Å². The summed E-state index contributed by atoms with van der Waals surface area (Å²) in [5.74, 6) is 2.43. The number of hydrogen-bond donors (Lipinski definition) is 0. The van der Waals surface area contributed by atoms with Gasteiger partial charge in [-0.3, -0.25) is 0 Å². The summed E-state index contributed by atoms with van der Waals surface area (Å²) in [6.45, 7) is 3.34. The van der Waals surface area contributed by atoms with Gasteiger partial charge in [0, 0.05) is 18.6 Å². The number of methoxy groups -OCH3 is 2. The molecular formula is C16H21NO4. The molecule has 0 radical (unpaired) electrons. The summed E-state index contributed by atoms with van der Waals surface area (Å²) in [5.41, 5.74) is 1.13. The van der Waals surface area contributed by atoms with Crippen LogP contribution in [0.25, 0.3) is 0 Å². The molecule has 2 aromatic rings. The lowest BCUT2D eigenvalue weighted by Gasteiger charge is -2.08. The fourth-order valence-corrected chi connectivity index (χ4v) is 1.91. The number of aromatic nitrogens is 1. The van der Waals surface area contributed by atoms with Crippen molar-refractivity contribution in [3.05, 3.63) is 41.7 Å². The Kier molecular flexibility index (Phi) is 5.63. The lowest BCUT2D eigenvalue weighted by molar-refractivity contribution is 0.112. The number of ether oxygens (including phenoxy) is 3. The lowest BCUT2D eigenvalue weighted by atomic mass is 10.1. The van der Waals surface area contributed by atoms with Gasteiger partial charge in [-0.25, -0.2) is 0 Å². The van der Waals surface area contributed by atoms with E-state index in [9.17, 15) is 0 Å². The topological polar surface area (TPSA) is 53.7 Å². The monoisotopic (exact) mass is 291 g/mol. The lowest BCUT2D eigenvalue weighted by Crippen LogP contribution is -2.00. The summed E-state index contributed by atoms with van der Waals surface area (Å²) in [5, 5.41) is 3.80. The van der Waals surface area contributed by atoms with Gasteiger partial charge in [0.15, 0.2) is 0 Å². The Morgan fingerprint density at radius 1 is 1.14 bits per heavy atom. The summed E-state index contributed by atoms with van der Waals surface area (Å²) in [6, 6.07) is 9.69. The molecule has 21 heavy (non-hydrogen) atoms. The highest BCUT2D eigenvalue weighted by Crippen LogP contribution is 2.22. The molecule has 1 aromatic carbocycles. The Balaban J connectivity index is 1.71. The third-order valence-corrected chi connectivity index (χ3v) is 3.32. The largest absolute Gasteiger partial charge is 0.497 e. The van der Waals surface area contributed by atoms with E-state index in [1.54, 1.807) is 14.2 Å². The van der Waals surface area contributed by atoms with Gasteiger partial charge in [-0.2, -0.15) is 0 Å². The zero-order chi connectivity index (χ0) is 15.1. The summed E-state index contributed by atoms with van der Waals surface area (Å²) < 4.78 is 21.0. The van der Waals surface area contributed by atoms with Crippen LogP contribution in [0.4, 0.5) is 0 Å². The second-order valence-corrected chi connectivity index (χ2v) is 4.86. The molecule has 1 unspecified atom stereocenters. The molecule has 0 amide bonds. The molecule has 2 rings (SSSR count). The first-order valence-electron chi connectivity index (χ1n) is 6.94. The fraction of sp³-hybridized carbons (Fsp3) is 0.438. The summed E-state index contributed by atoms with van der Waals surface area (Å²) in [4.78, 5) is 0. The van der Waals surface area contributed by atoms with Crippen LogP contribution in [0.3, 0.4) is 0 Å². The standard InChI is InChI=1S/C16H21NO4/c1-12(15-10-16(19-3)17-21-15)8-9-20-11-13-4-6-14(18-2)7-5-13/h4-7,10,12H,8-9,11H2,1-3H3. The first kappa shape index (κ1) is 15.4. The van der Waals surface area contributed by atoms with Crippen LogP contribution in [0.1, 0.15) is 30.6 Å². The average Bonchev–Trinajstić information content (AvgIpc) is 3.01. The molecule has 0 bridgehead atoms. The maximum Gasteiger partial charge on any atom is 0.254 e. The second-order valence-electron chi connectivity index (χ2n) is 4.86. The molecule has 1 heterocycles. The third-order valence-electron chi connectivity index (χ3n) is 3.32. The molecule has 1 aromatic heterocycles. The maximum absolute atomic E-state index is 5.68. The molecule has 0 aliphatic heterocycles. The highest BCUT2D eigenvalue weighted by molar-refractivity contribution is 5.26. The second kappa shape index (κ2) is 7.69. The van der Waals surface area contributed by atoms with Crippen LogP contribution >= 0.6 is 0 Å². The van der Waals surface area contributed by atoms with E-state index >= 15 is 0 Å². The van der Waals surface area contributed by atoms with Crippen molar-refractivity contribution in [1.29, 1.82) is 0 Å². The van der Waals surface area contributed by atoms with Crippen molar-refractivity contribution >= 4 is 0 Å². The summed E-state index contributed by atoms with van der Waals surface area (Å²) >= 11 is 0. The van der Waals surface area contributed by atoms with Crippen LogP contribution in [-0.2, 0) is 11.3 Å². The van der Waals surface area contributed by atoms with Crippen LogP contribution in [-0.4, -0.2) is 26.0 Å². The van der Waals surface area contributed by atoms with Gasteiger partial charge in [0.05, 0.1) is 20.8 Å². The van der Waals surface area contributed by atoms with E-state index in [0.717, 1.165) is 23.5 Å². The van der Waals surface area contributed by atoms with Crippen molar-refractivity contribution in [3.63, 3.8) is 0 Å². The molecule has 5 heteroatoms. The SMILES string of the molecule is COc1ccc(COCCC(C)c2cc(OC)no2)cc1. The van der Waals surface area contributed by atoms with E-state index in [1.807, 2.05) is 30.3 Å². The highest BCUT2D eigenvalue weighted by atomic mass is 16.5. The van der Waals surface area contributed by atoms with Gasteiger partial charge in [-0.05, 0) is 29.3 Å². The van der Waals surface area contributed by atoms with Gasteiger partial charge in [0.1, 0.15) is 11.5 Å². The Labute approximate surface area is 124 Å². The molecule has 0 saturated heterocycles. The maximum atomic E-state index is 5.68. The quantitative estimate of drug-likeness (QED) is 0.698. The minimum absolute atomic E-state index is 0.247. The summed E-state index contributed by atoms with van der Waals surface area (Å²) in [7, 11) is 3.23. The van der Waals surface area contributed by atoms with E-state index in [-0.39, 0.29) is 5.92 Å². The van der Waals surface area contributed by atoms with Crippen molar-refractivity contribution < 1.29 is 18.7 Å². The molecule has 0 spiro atoms. The minimum Gasteiger partial charge on any atom is -0.497 e. The van der Waals surface area contributed by atoms with Crippen molar-refractivity contribution in [2.45, 2.75) is 25.9 Å². The predicted octanol–water partition coefficient (Wildman–Crippen LogP) is 3.40. The van der Waals surface area contributed by atoms with E-state index in [1.165, 1.54) is 0 Å². The number of rotatable bonds is 8. The predicted molar refractivity (Wildman–Crippen MR) is 78.7 cm³/mol. The van der Waals surface area contributed by atoms with Crippen LogP contribution < -0.4 is 9.47 Å². The van der Waals surface area contributed by atoms with Gasteiger partial charge in [0.25, 0.3) is 5.88 Å². The number of nitrogens with zero attached hydrogens (tertiary/aromatic N) is 1. The molecule has 114 valence electrons. The van der Waals surface area contributed by atoms with Crippen LogP contribution in [0.2, 0.25) is 0 Å². The highest BCUT2D eigenvalue weighted by Gasteiger charge is 2.12. The smallest absolute Gasteiger partial charge is 0.254 e. The Bertz CT molecular complexity index is 535. The molecule has 0 saturated carbocycles. The van der Waals surface area contributed by atoms with Gasteiger partial charge in [-0.15, -0.1) is 0 Å². The van der Waals surface area contributed by atoms with E-state index in [4.69, 9.17) is 18.7 Å². The third kappa shape index (κ3) is 4.49. The molecule has 1 atom stereocenters. The van der Waals surface area contributed by atoms with Gasteiger partial charge >= 0.3 is 0 Å². The van der Waals surface area contributed by atoms with Crippen molar-refractivity contribution in [1.82, 2.24) is 5.16 Å². The molecular weight excluding hydrogens is 270 g/mol. The van der Waals surface area contributed by atoms with Crippen molar-refractivity contribution in [2.75, 3.05) is 20.8 Å². The normalized spacial score (nSPS) is 12.1. The molecule has 0 aliphatic rings. The molecule has 0 aliphatic carbocycles. The Morgan fingerprint density at radius 3 is 2.52 bits per heavy atom. The number of benzene rings is 1. The molecule has 0 fully saturated rings. The van der Waals surface area contributed by atoms with Crippen molar-refractivity contribution in [3.8, 4) is 11.6 Å². The van der Waals surface area contributed by atoms with Crippen molar-refractivity contribution in [2.24, 2.45) is 0 Å². The average molecular weight is 291 g/mol. The van der Waals surface area contributed by atoms with E-state index in [0.29, 0.717) is 19.1 Å². The van der Waals surface area contributed by atoms with E-state index < -0.39 is 0 Å². The molecule has 5 nitrogen and oxygen atoms in total. The first-order chi connectivity index (χ1) is 10.2. The van der Waals surface area contributed by atoms with Gasteiger partial charge in [-0.1, -0.05) is 19.1 Å². The van der Waals surface area contributed by atoms with Gasteiger partial charge < -0.3 is 18.7 Å². The van der Waals surface area contributed by atoms with Crippen LogP contribution in [0.15, 0.2) is 34.9 Å². The Morgan fingerprint density at radius 2 is 1.90 bits per heavy atom. The molecule has 0 N–H and O–H groups in total. The zero-order valence-electron chi connectivity index (χ0n) is 12.7. The summed E-state index contributed by atoms with van der Waals surface area (Å²) in [6.07, 6.45) is 0.870. The first-order valence-corrected chi connectivity index (χ1v) is 6.94. The van der Waals surface area contributed by atoms with Gasteiger partial charge in [0.2, 0.25) is 0 Å².